The van der Waals surface area contributed by atoms with Gasteiger partial charge >= 0.3 is 0 Å². The van der Waals surface area contributed by atoms with E-state index in [2.05, 4.69) is 53.7 Å². The number of nitrogens with zero attached hydrogens (tertiary/aromatic N) is 2. The minimum absolute atomic E-state index is 0.0484. The molecule has 0 fully saturated rings. The molecule has 0 spiro atoms. The van der Waals surface area contributed by atoms with Gasteiger partial charge in [-0.2, -0.15) is 0 Å². The van der Waals surface area contributed by atoms with Gasteiger partial charge in [0, 0.05) is 0 Å². The zero-order chi connectivity index (χ0) is 26.2. The minimum Gasteiger partial charge on any atom is -0.228 e. The molecule has 0 unspecified atom stereocenters. The number of fused-ring (bicyclic) bond motifs is 1. The summed E-state index contributed by atoms with van der Waals surface area (Å²) in [6, 6.07) is 19.7. The van der Waals surface area contributed by atoms with Gasteiger partial charge in [-0.15, -0.1) is 0 Å². The van der Waals surface area contributed by atoms with Crippen LogP contribution >= 0.6 is 0 Å². The third-order valence-corrected chi connectivity index (χ3v) is 8.48. The molecule has 5 heteroatoms. The number of rotatable bonds is 7. The third kappa shape index (κ3) is 4.90. The first kappa shape index (κ1) is 25.9. The van der Waals surface area contributed by atoms with Crippen LogP contribution in [0.25, 0.3) is 23.2 Å². The number of aromatic nitrogens is 2. The summed E-state index contributed by atoms with van der Waals surface area (Å²) in [5.74, 6) is 0.799. The molecule has 0 amide bonds. The van der Waals surface area contributed by atoms with Gasteiger partial charge in [-0.25, -0.2) is 17.4 Å². The molecule has 0 saturated carbocycles. The van der Waals surface area contributed by atoms with E-state index in [4.69, 9.17) is 4.98 Å². The molecule has 0 radical (unpaired) electrons. The SMILES string of the molecule is Cc1ccc(/C=C/c2nc3ccccc3n2S(=O)(=O)c2c(C(C)C)cc(C(C)C)cc2C(C)C)cc1. The molecule has 188 valence electrons. The van der Waals surface area contributed by atoms with E-state index in [0.29, 0.717) is 27.7 Å². The second-order valence-electron chi connectivity index (χ2n) is 10.5. The molecule has 0 N–H and O–H groups in total. The molecule has 1 aromatic heterocycles. The molecule has 0 aliphatic heterocycles. The van der Waals surface area contributed by atoms with Crippen molar-refractivity contribution in [3.63, 3.8) is 0 Å². The quantitative estimate of drug-likeness (QED) is 0.257. The van der Waals surface area contributed by atoms with Crippen LogP contribution < -0.4 is 0 Å². The van der Waals surface area contributed by atoms with Crippen LogP contribution in [0.3, 0.4) is 0 Å². The highest BCUT2D eigenvalue weighted by molar-refractivity contribution is 7.90. The van der Waals surface area contributed by atoms with Gasteiger partial charge in [0.15, 0.2) is 0 Å². The average Bonchev–Trinajstić information content (AvgIpc) is 3.22. The van der Waals surface area contributed by atoms with Crippen LogP contribution in [-0.4, -0.2) is 17.4 Å². The molecule has 36 heavy (non-hydrogen) atoms. The second kappa shape index (κ2) is 10.1. The molecule has 4 aromatic rings. The number of imidazole rings is 1. The largest absolute Gasteiger partial charge is 0.270 e. The van der Waals surface area contributed by atoms with Crippen LogP contribution in [0.5, 0.6) is 0 Å². The zero-order valence-electron chi connectivity index (χ0n) is 22.3. The van der Waals surface area contributed by atoms with E-state index >= 15 is 0 Å². The summed E-state index contributed by atoms with van der Waals surface area (Å²) in [5.41, 5.74) is 6.28. The van der Waals surface area contributed by atoms with Crippen LogP contribution in [0, 0.1) is 6.92 Å². The van der Waals surface area contributed by atoms with E-state index in [0.717, 1.165) is 22.3 Å². The minimum atomic E-state index is -3.95. The van der Waals surface area contributed by atoms with Crippen LogP contribution in [0.4, 0.5) is 0 Å². The van der Waals surface area contributed by atoms with Crippen LogP contribution in [-0.2, 0) is 10.0 Å². The Morgan fingerprint density at radius 1 is 0.778 bits per heavy atom. The Morgan fingerprint density at radius 3 is 1.92 bits per heavy atom. The van der Waals surface area contributed by atoms with Gasteiger partial charge in [0.1, 0.15) is 5.82 Å². The molecule has 3 aromatic carbocycles. The fourth-order valence-electron chi connectivity index (χ4n) is 4.51. The molecular weight excluding hydrogens is 464 g/mol. The average molecular weight is 501 g/mol. The van der Waals surface area contributed by atoms with Crippen molar-refractivity contribution in [2.24, 2.45) is 0 Å². The van der Waals surface area contributed by atoms with Gasteiger partial charge in [0.05, 0.1) is 15.9 Å². The number of hydrogen-bond donors (Lipinski definition) is 0. The van der Waals surface area contributed by atoms with Gasteiger partial charge in [0.25, 0.3) is 10.0 Å². The van der Waals surface area contributed by atoms with Crippen LogP contribution in [0.1, 0.15) is 92.9 Å². The molecule has 0 atom stereocenters. The van der Waals surface area contributed by atoms with E-state index < -0.39 is 10.0 Å². The first-order valence-electron chi connectivity index (χ1n) is 12.7. The fraction of sp³-hybridized carbons (Fsp3) is 0.323. The van der Waals surface area contributed by atoms with E-state index in [-0.39, 0.29) is 11.8 Å². The number of hydrogen-bond acceptors (Lipinski definition) is 3. The van der Waals surface area contributed by atoms with Crippen molar-refractivity contribution in [1.82, 2.24) is 8.96 Å². The molecule has 0 aliphatic carbocycles. The van der Waals surface area contributed by atoms with Gasteiger partial charge in [-0.1, -0.05) is 102 Å². The smallest absolute Gasteiger partial charge is 0.228 e. The van der Waals surface area contributed by atoms with Gasteiger partial charge in [0.2, 0.25) is 0 Å². The molecule has 1 heterocycles. The summed E-state index contributed by atoms with van der Waals surface area (Å²) >= 11 is 0. The van der Waals surface area contributed by atoms with Gasteiger partial charge in [-0.3, -0.25) is 0 Å². The van der Waals surface area contributed by atoms with Crippen molar-refractivity contribution in [3.05, 3.63) is 94.3 Å². The lowest BCUT2D eigenvalue weighted by Crippen LogP contribution is -2.20. The Bertz CT molecular complexity index is 1490. The van der Waals surface area contributed by atoms with E-state index in [1.807, 2.05) is 61.5 Å². The molecule has 4 rings (SSSR count). The topological polar surface area (TPSA) is 52.0 Å². The van der Waals surface area contributed by atoms with Crippen molar-refractivity contribution in [2.45, 2.75) is 71.1 Å². The Labute approximate surface area is 215 Å². The van der Waals surface area contributed by atoms with Gasteiger partial charge in [-0.05, 0) is 65.1 Å². The lowest BCUT2D eigenvalue weighted by atomic mass is 9.89. The zero-order valence-corrected chi connectivity index (χ0v) is 23.1. The summed E-state index contributed by atoms with van der Waals surface area (Å²) < 4.78 is 30.6. The van der Waals surface area contributed by atoms with Crippen LogP contribution in [0.2, 0.25) is 0 Å². The predicted octanol–water partition coefficient (Wildman–Crippen LogP) is 8.12. The van der Waals surface area contributed by atoms with Crippen molar-refractivity contribution in [3.8, 4) is 0 Å². The van der Waals surface area contributed by atoms with E-state index in [1.54, 1.807) is 6.08 Å². The highest BCUT2D eigenvalue weighted by Crippen LogP contribution is 2.37. The predicted molar refractivity (Wildman–Crippen MR) is 151 cm³/mol. The molecule has 4 nitrogen and oxygen atoms in total. The van der Waals surface area contributed by atoms with Crippen molar-refractivity contribution in [2.75, 3.05) is 0 Å². The normalized spacial score (nSPS) is 12.6. The summed E-state index contributed by atoms with van der Waals surface area (Å²) in [6.45, 7) is 14.6. The van der Waals surface area contributed by atoms with Crippen LogP contribution in [0.15, 0.2) is 65.6 Å². The summed E-state index contributed by atoms with van der Waals surface area (Å²) in [7, 11) is -3.95. The lowest BCUT2D eigenvalue weighted by Gasteiger charge is -2.23. The molecular formula is C31H36N2O2S. The first-order valence-corrected chi connectivity index (χ1v) is 14.1. The highest BCUT2D eigenvalue weighted by atomic mass is 32.2. The lowest BCUT2D eigenvalue weighted by molar-refractivity contribution is 0.582. The highest BCUT2D eigenvalue weighted by Gasteiger charge is 2.31. The van der Waals surface area contributed by atoms with Crippen molar-refractivity contribution < 1.29 is 8.42 Å². The summed E-state index contributed by atoms with van der Waals surface area (Å²) in [6.07, 6.45) is 3.72. The van der Waals surface area contributed by atoms with Crippen molar-refractivity contribution in [1.29, 1.82) is 0 Å². The fourth-order valence-corrected chi connectivity index (χ4v) is 6.64. The van der Waals surface area contributed by atoms with E-state index in [9.17, 15) is 8.42 Å². The molecule has 0 bridgehead atoms. The summed E-state index contributed by atoms with van der Waals surface area (Å²) in [4.78, 5) is 5.14. The number of para-hydroxylation sites is 2. The molecule has 0 aliphatic rings. The number of benzene rings is 3. The first-order chi connectivity index (χ1) is 17.0. The van der Waals surface area contributed by atoms with Crippen molar-refractivity contribution >= 4 is 33.2 Å². The standard InChI is InChI=1S/C31H36N2O2S/c1-20(2)25-18-26(21(3)4)31(27(19-25)22(5)6)36(34,35)33-29-11-9-8-10-28(29)32-30(33)17-16-24-14-12-23(7)13-15-24/h8-22H,1-7H3/b17-16+. The Hall–Kier alpha value is -3.18. The second-order valence-corrected chi connectivity index (χ2v) is 12.2. The maximum Gasteiger partial charge on any atom is 0.270 e. The molecule has 0 saturated heterocycles. The summed E-state index contributed by atoms with van der Waals surface area (Å²) in [5, 5.41) is 0. The third-order valence-electron chi connectivity index (χ3n) is 6.62. The van der Waals surface area contributed by atoms with E-state index in [1.165, 1.54) is 9.54 Å². The maximum atomic E-state index is 14.6. The Balaban J connectivity index is 2.01. The Morgan fingerprint density at radius 2 is 1.36 bits per heavy atom. The monoisotopic (exact) mass is 500 g/mol. The Kier molecular flexibility index (Phi) is 7.24. The number of aryl methyl sites for hydroxylation is 1. The van der Waals surface area contributed by atoms with Gasteiger partial charge < -0.3 is 0 Å². The maximum absolute atomic E-state index is 14.6.